The molecule has 2 aliphatic rings. The van der Waals surface area contributed by atoms with Gasteiger partial charge in [0, 0.05) is 6.04 Å². The summed E-state index contributed by atoms with van der Waals surface area (Å²) in [6.07, 6.45) is 8.72. The van der Waals surface area contributed by atoms with Crippen molar-refractivity contribution in [2.75, 3.05) is 0 Å². The lowest BCUT2D eigenvalue weighted by molar-refractivity contribution is -0.121. The van der Waals surface area contributed by atoms with Crippen LogP contribution in [0, 0.1) is 5.92 Å². The van der Waals surface area contributed by atoms with Gasteiger partial charge in [-0.3, -0.25) is 4.79 Å². The third-order valence-electron chi connectivity index (χ3n) is 3.74. The van der Waals surface area contributed by atoms with Gasteiger partial charge in [0.2, 0.25) is 5.91 Å². The molecular weight excluding hydrogens is 176 g/mol. The summed E-state index contributed by atoms with van der Waals surface area (Å²) in [4.78, 5) is 11.1. The molecule has 0 aromatic carbocycles. The molecule has 1 aliphatic heterocycles. The average molecular weight is 196 g/mol. The van der Waals surface area contributed by atoms with Crippen molar-refractivity contribution in [1.82, 2.24) is 5.32 Å². The van der Waals surface area contributed by atoms with Crippen molar-refractivity contribution >= 4 is 5.91 Å². The summed E-state index contributed by atoms with van der Waals surface area (Å²) in [5.41, 5.74) is 5.33. The van der Waals surface area contributed by atoms with Gasteiger partial charge in [0.15, 0.2) is 0 Å². The lowest BCUT2D eigenvalue weighted by atomic mass is 9.88. The van der Waals surface area contributed by atoms with Crippen LogP contribution in [0.15, 0.2) is 0 Å². The highest BCUT2D eigenvalue weighted by molar-refractivity contribution is 5.79. The van der Waals surface area contributed by atoms with E-state index in [4.69, 9.17) is 5.73 Å². The molecule has 2 rings (SSSR count). The number of amides is 1. The van der Waals surface area contributed by atoms with E-state index in [1.807, 2.05) is 0 Å². The van der Waals surface area contributed by atoms with Crippen LogP contribution in [0.2, 0.25) is 0 Å². The van der Waals surface area contributed by atoms with E-state index in [0.717, 1.165) is 18.8 Å². The van der Waals surface area contributed by atoms with Crippen LogP contribution >= 0.6 is 0 Å². The SMILES string of the molecule is NC(=O)C1CCCC(C2CCCC2)N1. The first-order valence-corrected chi connectivity index (χ1v) is 5.83. The van der Waals surface area contributed by atoms with Crippen LogP contribution in [-0.2, 0) is 4.79 Å². The third-order valence-corrected chi connectivity index (χ3v) is 3.74. The minimum Gasteiger partial charge on any atom is -0.368 e. The lowest BCUT2D eigenvalue weighted by Crippen LogP contribution is -2.51. The normalized spacial score (nSPS) is 34.6. The fourth-order valence-electron chi connectivity index (χ4n) is 2.92. The molecule has 0 bridgehead atoms. The Hall–Kier alpha value is -0.570. The summed E-state index contributed by atoms with van der Waals surface area (Å²) in [6.45, 7) is 0. The van der Waals surface area contributed by atoms with Gasteiger partial charge in [-0.1, -0.05) is 12.8 Å². The van der Waals surface area contributed by atoms with Crippen LogP contribution in [0.1, 0.15) is 44.9 Å². The van der Waals surface area contributed by atoms with Gasteiger partial charge in [0.1, 0.15) is 0 Å². The second kappa shape index (κ2) is 4.30. The highest BCUT2D eigenvalue weighted by atomic mass is 16.1. The van der Waals surface area contributed by atoms with Gasteiger partial charge in [-0.25, -0.2) is 0 Å². The van der Waals surface area contributed by atoms with E-state index in [1.165, 1.54) is 32.1 Å². The predicted molar refractivity (Wildman–Crippen MR) is 55.7 cm³/mol. The molecule has 3 N–H and O–H groups in total. The number of primary amides is 1. The Bertz CT molecular complexity index is 211. The molecule has 3 heteroatoms. The van der Waals surface area contributed by atoms with Crippen molar-refractivity contribution in [3.8, 4) is 0 Å². The fourth-order valence-corrected chi connectivity index (χ4v) is 2.92. The number of hydrogen-bond acceptors (Lipinski definition) is 2. The van der Waals surface area contributed by atoms with Gasteiger partial charge in [0.05, 0.1) is 6.04 Å². The number of piperidine rings is 1. The van der Waals surface area contributed by atoms with Crippen molar-refractivity contribution in [1.29, 1.82) is 0 Å². The van der Waals surface area contributed by atoms with E-state index in [1.54, 1.807) is 0 Å². The molecule has 14 heavy (non-hydrogen) atoms. The molecule has 3 nitrogen and oxygen atoms in total. The number of nitrogens with two attached hydrogens (primary N) is 1. The molecule has 1 aliphatic carbocycles. The van der Waals surface area contributed by atoms with Crippen molar-refractivity contribution < 1.29 is 4.79 Å². The maximum Gasteiger partial charge on any atom is 0.234 e. The molecule has 1 saturated heterocycles. The molecule has 0 aromatic heterocycles. The molecule has 1 amide bonds. The van der Waals surface area contributed by atoms with E-state index in [-0.39, 0.29) is 11.9 Å². The Morgan fingerprint density at radius 1 is 1.07 bits per heavy atom. The van der Waals surface area contributed by atoms with Crippen molar-refractivity contribution in [2.24, 2.45) is 11.7 Å². The number of hydrogen-bond donors (Lipinski definition) is 2. The molecule has 0 aromatic rings. The Morgan fingerprint density at radius 2 is 1.79 bits per heavy atom. The zero-order valence-electron chi connectivity index (χ0n) is 8.67. The van der Waals surface area contributed by atoms with Gasteiger partial charge in [0.25, 0.3) is 0 Å². The van der Waals surface area contributed by atoms with Crippen LogP contribution in [0.5, 0.6) is 0 Å². The van der Waals surface area contributed by atoms with E-state index in [0.29, 0.717) is 6.04 Å². The maximum absolute atomic E-state index is 11.1. The summed E-state index contributed by atoms with van der Waals surface area (Å²) in [7, 11) is 0. The second-order valence-corrected chi connectivity index (χ2v) is 4.70. The Kier molecular flexibility index (Phi) is 3.06. The molecule has 1 heterocycles. The summed E-state index contributed by atoms with van der Waals surface area (Å²) < 4.78 is 0. The monoisotopic (exact) mass is 196 g/mol. The fraction of sp³-hybridized carbons (Fsp3) is 0.909. The summed E-state index contributed by atoms with van der Waals surface area (Å²) >= 11 is 0. The number of carbonyl (C=O) groups is 1. The summed E-state index contributed by atoms with van der Waals surface area (Å²) in [6, 6.07) is 0.498. The smallest absolute Gasteiger partial charge is 0.234 e. The van der Waals surface area contributed by atoms with Crippen LogP contribution in [0.3, 0.4) is 0 Å². The van der Waals surface area contributed by atoms with E-state index < -0.39 is 0 Å². The molecule has 0 spiro atoms. The van der Waals surface area contributed by atoms with Crippen molar-refractivity contribution in [2.45, 2.75) is 57.0 Å². The topological polar surface area (TPSA) is 55.1 Å². The largest absolute Gasteiger partial charge is 0.368 e. The standard InChI is InChI=1S/C11H20N2O/c12-11(14)10-7-3-6-9(13-10)8-4-1-2-5-8/h8-10,13H,1-7H2,(H2,12,14). The van der Waals surface area contributed by atoms with Gasteiger partial charge in [-0.15, -0.1) is 0 Å². The molecule has 2 unspecified atom stereocenters. The van der Waals surface area contributed by atoms with E-state index >= 15 is 0 Å². The zero-order valence-corrected chi connectivity index (χ0v) is 8.67. The molecule has 0 radical (unpaired) electrons. The number of rotatable bonds is 2. The molecule has 80 valence electrons. The lowest BCUT2D eigenvalue weighted by Gasteiger charge is -2.33. The Balaban J connectivity index is 1.89. The first kappa shape index (κ1) is 9.97. The minimum absolute atomic E-state index is 0.0608. The van der Waals surface area contributed by atoms with Crippen molar-refractivity contribution in [3.05, 3.63) is 0 Å². The first-order valence-electron chi connectivity index (χ1n) is 5.83. The maximum atomic E-state index is 11.1. The minimum atomic E-state index is -0.173. The first-order chi connectivity index (χ1) is 6.77. The quantitative estimate of drug-likeness (QED) is 0.696. The molecule has 1 saturated carbocycles. The summed E-state index contributed by atoms with van der Waals surface area (Å²) in [5.74, 6) is 0.629. The second-order valence-electron chi connectivity index (χ2n) is 4.70. The van der Waals surface area contributed by atoms with Gasteiger partial charge in [-0.05, 0) is 38.0 Å². The summed E-state index contributed by atoms with van der Waals surface area (Å²) in [5, 5.41) is 3.42. The van der Waals surface area contributed by atoms with Gasteiger partial charge >= 0.3 is 0 Å². The zero-order chi connectivity index (χ0) is 9.97. The van der Waals surface area contributed by atoms with Crippen molar-refractivity contribution in [3.63, 3.8) is 0 Å². The predicted octanol–water partition coefficient (Wildman–Crippen LogP) is 1.17. The Morgan fingerprint density at radius 3 is 2.43 bits per heavy atom. The highest BCUT2D eigenvalue weighted by Crippen LogP contribution is 2.31. The van der Waals surface area contributed by atoms with Crippen LogP contribution in [-0.4, -0.2) is 18.0 Å². The number of carbonyl (C=O) groups excluding carboxylic acids is 1. The molecule has 2 atom stereocenters. The van der Waals surface area contributed by atoms with Gasteiger partial charge < -0.3 is 11.1 Å². The van der Waals surface area contributed by atoms with E-state index in [2.05, 4.69) is 5.32 Å². The number of nitrogens with one attached hydrogen (secondary N) is 1. The average Bonchev–Trinajstić information content (AvgIpc) is 2.71. The van der Waals surface area contributed by atoms with E-state index in [9.17, 15) is 4.79 Å². The van der Waals surface area contributed by atoms with Crippen LogP contribution in [0.25, 0.3) is 0 Å². The van der Waals surface area contributed by atoms with Gasteiger partial charge in [-0.2, -0.15) is 0 Å². The van der Waals surface area contributed by atoms with Crippen LogP contribution in [0.4, 0.5) is 0 Å². The van der Waals surface area contributed by atoms with Crippen LogP contribution < -0.4 is 11.1 Å². The third kappa shape index (κ3) is 2.08. The molecule has 2 fully saturated rings. The molecular formula is C11H20N2O. The highest BCUT2D eigenvalue weighted by Gasteiger charge is 2.31. The Labute approximate surface area is 85.4 Å².